The van der Waals surface area contributed by atoms with Crippen molar-refractivity contribution in [2.75, 3.05) is 6.54 Å². The van der Waals surface area contributed by atoms with Crippen LogP contribution in [0.3, 0.4) is 0 Å². The highest BCUT2D eigenvalue weighted by Crippen LogP contribution is 2.19. The van der Waals surface area contributed by atoms with E-state index < -0.39 is 66.4 Å². The summed E-state index contributed by atoms with van der Waals surface area (Å²) in [5.41, 5.74) is 1.44. The number of hydrogen-bond donors (Lipinski definition) is 8. The number of carboxylic acid groups (broad SMARTS) is 2. The van der Waals surface area contributed by atoms with Gasteiger partial charge in [-0.05, 0) is 44.4 Å². The van der Waals surface area contributed by atoms with Crippen LogP contribution < -0.4 is 21.3 Å². The molecule has 5 unspecified atom stereocenters. The highest BCUT2D eigenvalue weighted by molar-refractivity contribution is 5.95. The third-order valence-corrected chi connectivity index (χ3v) is 6.43. The first-order valence-electron chi connectivity index (χ1n) is 12.4. The maximum absolute atomic E-state index is 13.1. The fourth-order valence-corrected chi connectivity index (χ4v) is 4.36. The van der Waals surface area contributed by atoms with E-state index in [0.29, 0.717) is 18.5 Å². The van der Waals surface area contributed by atoms with Crippen molar-refractivity contribution in [3.8, 4) is 0 Å². The van der Waals surface area contributed by atoms with Crippen LogP contribution in [-0.2, 0) is 30.4 Å². The predicted octanol–water partition coefficient (Wildman–Crippen LogP) is -0.753. The molecule has 0 radical (unpaired) electrons. The summed E-state index contributed by atoms with van der Waals surface area (Å²) in [5.74, 6) is -4.83. The van der Waals surface area contributed by atoms with Gasteiger partial charge in [-0.15, -0.1) is 0 Å². The van der Waals surface area contributed by atoms with E-state index >= 15 is 0 Å². The van der Waals surface area contributed by atoms with E-state index in [1.165, 1.54) is 6.92 Å². The van der Waals surface area contributed by atoms with Crippen LogP contribution >= 0.6 is 0 Å². The Kier molecular flexibility index (Phi) is 9.79. The maximum Gasteiger partial charge on any atom is 0.326 e. The number of aromatic nitrogens is 1. The van der Waals surface area contributed by atoms with Crippen molar-refractivity contribution in [2.24, 2.45) is 0 Å². The monoisotopic (exact) mass is 531 g/mol. The first-order chi connectivity index (χ1) is 18.1. The molecular formula is C25H33N5O8. The molecule has 1 fully saturated rings. The number of carbonyl (C=O) groups is 5. The number of rotatable bonds is 13. The Morgan fingerprint density at radius 3 is 2.37 bits per heavy atom. The van der Waals surface area contributed by atoms with E-state index in [2.05, 4.69) is 26.3 Å². The van der Waals surface area contributed by atoms with Gasteiger partial charge in [-0.25, -0.2) is 4.79 Å². The molecule has 1 aliphatic heterocycles. The van der Waals surface area contributed by atoms with Crippen LogP contribution in [0.4, 0.5) is 0 Å². The van der Waals surface area contributed by atoms with Crippen LogP contribution in [-0.4, -0.2) is 86.8 Å². The lowest BCUT2D eigenvalue weighted by Gasteiger charge is -2.26. The first kappa shape index (κ1) is 28.6. The van der Waals surface area contributed by atoms with Gasteiger partial charge in [-0.2, -0.15) is 0 Å². The van der Waals surface area contributed by atoms with Gasteiger partial charge in [0.05, 0.1) is 12.1 Å². The number of carboxylic acids is 2. The van der Waals surface area contributed by atoms with Gasteiger partial charge in [0.2, 0.25) is 17.7 Å². The minimum atomic E-state index is -1.42. The molecule has 2 aromatic rings. The van der Waals surface area contributed by atoms with Gasteiger partial charge in [0.25, 0.3) is 0 Å². The van der Waals surface area contributed by atoms with Gasteiger partial charge in [-0.1, -0.05) is 18.2 Å². The molecule has 38 heavy (non-hydrogen) atoms. The number of amides is 3. The highest BCUT2D eigenvalue weighted by Gasteiger charge is 2.33. The summed E-state index contributed by atoms with van der Waals surface area (Å²) in [5, 5.41) is 40.0. The zero-order valence-electron chi connectivity index (χ0n) is 20.9. The van der Waals surface area contributed by atoms with Gasteiger partial charge >= 0.3 is 11.9 Å². The SMILES string of the molecule is CC(O)C(NC(=O)C1CCCN1)C(=O)NC(CCC(=O)O)C(=O)NC(Cc1c[nH]c2ccccc12)C(=O)O. The molecule has 1 aliphatic rings. The van der Waals surface area contributed by atoms with Crippen molar-refractivity contribution in [2.45, 2.75) is 69.3 Å². The summed E-state index contributed by atoms with van der Waals surface area (Å²) in [6.07, 6.45) is 0.780. The lowest BCUT2D eigenvalue weighted by Crippen LogP contribution is -2.59. The molecule has 1 aromatic heterocycles. The van der Waals surface area contributed by atoms with Crippen molar-refractivity contribution >= 4 is 40.6 Å². The van der Waals surface area contributed by atoms with Gasteiger partial charge in [0.1, 0.15) is 18.1 Å². The van der Waals surface area contributed by atoms with Gasteiger partial charge < -0.3 is 41.6 Å². The first-order valence-corrected chi connectivity index (χ1v) is 12.4. The normalized spacial score (nSPS) is 18.2. The van der Waals surface area contributed by atoms with E-state index in [0.717, 1.165) is 17.3 Å². The molecule has 3 amide bonds. The number of aromatic amines is 1. The molecule has 13 nitrogen and oxygen atoms in total. The smallest absolute Gasteiger partial charge is 0.326 e. The van der Waals surface area contributed by atoms with E-state index in [1.54, 1.807) is 12.3 Å². The average molecular weight is 532 g/mol. The Hall–Kier alpha value is -3.97. The Bertz CT molecular complexity index is 1170. The second-order valence-corrected chi connectivity index (χ2v) is 9.33. The Morgan fingerprint density at radius 2 is 1.74 bits per heavy atom. The lowest BCUT2D eigenvalue weighted by atomic mass is 10.0. The van der Waals surface area contributed by atoms with Crippen LogP contribution in [0.25, 0.3) is 10.9 Å². The third kappa shape index (κ3) is 7.52. The van der Waals surface area contributed by atoms with Crippen molar-refractivity contribution in [3.63, 3.8) is 0 Å². The summed E-state index contributed by atoms with van der Waals surface area (Å²) in [6, 6.07) is 2.53. The minimum Gasteiger partial charge on any atom is -0.481 e. The highest BCUT2D eigenvalue weighted by atomic mass is 16.4. The molecule has 3 rings (SSSR count). The molecule has 2 heterocycles. The van der Waals surface area contributed by atoms with Crippen LogP contribution in [0, 0.1) is 0 Å². The summed E-state index contributed by atoms with van der Waals surface area (Å²) in [6.45, 7) is 1.94. The molecule has 0 aliphatic carbocycles. The van der Waals surface area contributed by atoms with E-state index in [1.807, 2.05) is 18.2 Å². The average Bonchev–Trinajstić information content (AvgIpc) is 3.54. The summed E-state index contributed by atoms with van der Waals surface area (Å²) in [4.78, 5) is 64.7. The Balaban J connectivity index is 1.72. The number of fused-ring (bicyclic) bond motifs is 1. The van der Waals surface area contributed by atoms with E-state index in [4.69, 9.17) is 5.11 Å². The van der Waals surface area contributed by atoms with Crippen molar-refractivity contribution in [1.29, 1.82) is 0 Å². The maximum atomic E-state index is 13.1. The number of aliphatic carboxylic acids is 2. The Labute approximate surface area is 218 Å². The molecule has 13 heteroatoms. The third-order valence-electron chi connectivity index (χ3n) is 6.43. The molecule has 5 atom stereocenters. The fourth-order valence-electron chi connectivity index (χ4n) is 4.36. The number of aliphatic hydroxyl groups is 1. The minimum absolute atomic E-state index is 0.0641. The number of hydrogen-bond acceptors (Lipinski definition) is 7. The van der Waals surface area contributed by atoms with Crippen molar-refractivity contribution in [3.05, 3.63) is 36.0 Å². The summed E-state index contributed by atoms with van der Waals surface area (Å²) >= 11 is 0. The largest absolute Gasteiger partial charge is 0.481 e. The van der Waals surface area contributed by atoms with E-state index in [-0.39, 0.29) is 12.8 Å². The number of benzene rings is 1. The molecular weight excluding hydrogens is 498 g/mol. The van der Waals surface area contributed by atoms with Gasteiger partial charge in [0, 0.05) is 29.9 Å². The topological polar surface area (TPSA) is 210 Å². The predicted molar refractivity (Wildman–Crippen MR) is 135 cm³/mol. The molecule has 0 saturated carbocycles. The van der Waals surface area contributed by atoms with Gasteiger partial charge in [-0.3, -0.25) is 19.2 Å². The molecule has 0 bridgehead atoms. The standard InChI is InChI=1S/C25H33N5O8/c1-13(31)21(30-22(34)17-7-4-10-26-17)24(36)28-18(8-9-20(32)33)23(35)29-19(25(37)38)11-14-12-27-16-6-3-2-5-15(14)16/h2-3,5-6,12-13,17-19,21,26-27,31H,4,7-11H2,1H3,(H,28,36)(H,29,35)(H,30,34)(H,32,33)(H,37,38). The zero-order valence-corrected chi connectivity index (χ0v) is 20.9. The number of para-hydroxylation sites is 1. The molecule has 0 spiro atoms. The molecule has 1 aromatic carbocycles. The number of aliphatic hydroxyl groups excluding tert-OH is 1. The van der Waals surface area contributed by atoms with Crippen LogP contribution in [0.2, 0.25) is 0 Å². The van der Waals surface area contributed by atoms with Crippen LogP contribution in [0.1, 0.15) is 38.2 Å². The Morgan fingerprint density at radius 1 is 1.03 bits per heavy atom. The number of carbonyl (C=O) groups excluding carboxylic acids is 3. The van der Waals surface area contributed by atoms with E-state index in [9.17, 15) is 34.2 Å². The van der Waals surface area contributed by atoms with Crippen LogP contribution in [0.5, 0.6) is 0 Å². The fraction of sp³-hybridized carbons (Fsp3) is 0.480. The summed E-state index contributed by atoms with van der Waals surface area (Å²) in [7, 11) is 0. The summed E-state index contributed by atoms with van der Waals surface area (Å²) < 4.78 is 0. The molecule has 206 valence electrons. The van der Waals surface area contributed by atoms with Crippen molar-refractivity contribution in [1.82, 2.24) is 26.3 Å². The molecule has 1 saturated heterocycles. The second-order valence-electron chi connectivity index (χ2n) is 9.33. The van der Waals surface area contributed by atoms with Crippen molar-refractivity contribution < 1.29 is 39.3 Å². The lowest BCUT2D eigenvalue weighted by molar-refractivity contribution is -0.143. The zero-order chi connectivity index (χ0) is 27.8. The molecule has 8 N–H and O–H groups in total. The van der Waals surface area contributed by atoms with Crippen LogP contribution in [0.15, 0.2) is 30.5 Å². The number of H-pyrrole nitrogens is 1. The number of nitrogens with one attached hydrogen (secondary N) is 5. The quantitative estimate of drug-likeness (QED) is 0.163. The van der Waals surface area contributed by atoms with Gasteiger partial charge in [0.15, 0.2) is 0 Å². The second kappa shape index (κ2) is 13.0.